The van der Waals surface area contributed by atoms with E-state index in [1.165, 1.54) is 11.6 Å². The number of carbonyl (C=O) groups is 1. The Balaban J connectivity index is 2.61. The summed E-state index contributed by atoms with van der Waals surface area (Å²) in [6, 6.07) is 0. The molecule has 86 valence electrons. The molecule has 2 heterocycles. The summed E-state index contributed by atoms with van der Waals surface area (Å²) in [5.74, 6) is 0.813. The van der Waals surface area contributed by atoms with Gasteiger partial charge in [-0.15, -0.1) is 0 Å². The minimum Gasteiger partial charge on any atom is -0.501 e. The molecule has 6 nitrogen and oxygen atoms in total. The van der Waals surface area contributed by atoms with Crippen molar-refractivity contribution in [1.29, 1.82) is 0 Å². The summed E-state index contributed by atoms with van der Waals surface area (Å²) < 4.78 is 1.41. The third kappa shape index (κ3) is 1.67. The monoisotopic (exact) mass is 241 g/mol. The summed E-state index contributed by atoms with van der Waals surface area (Å²) in [5, 5.41) is 11.9. The minimum atomic E-state index is -0.574. The van der Waals surface area contributed by atoms with Gasteiger partial charge in [-0.1, -0.05) is 0 Å². The summed E-state index contributed by atoms with van der Waals surface area (Å²) in [7, 11) is 1.43. The van der Waals surface area contributed by atoms with Gasteiger partial charge in [0.15, 0.2) is 5.69 Å². The average molecular weight is 241 g/mol. The first-order chi connectivity index (χ1) is 7.65. The SMILES string of the molecule is CNC(=O)c1nc2n(c(=O)c1O)CCSC2. The number of hydrogen-bond donors (Lipinski definition) is 2. The van der Waals surface area contributed by atoms with Crippen molar-refractivity contribution >= 4 is 17.7 Å². The second-order valence-electron chi connectivity index (χ2n) is 3.31. The minimum absolute atomic E-state index is 0.193. The van der Waals surface area contributed by atoms with E-state index in [2.05, 4.69) is 10.3 Å². The highest BCUT2D eigenvalue weighted by Crippen LogP contribution is 2.18. The van der Waals surface area contributed by atoms with Gasteiger partial charge in [0.05, 0.1) is 5.75 Å². The van der Waals surface area contributed by atoms with Crippen LogP contribution in [-0.2, 0) is 12.3 Å². The highest BCUT2D eigenvalue weighted by molar-refractivity contribution is 7.98. The number of aromatic nitrogens is 2. The van der Waals surface area contributed by atoms with Crippen molar-refractivity contribution in [2.75, 3.05) is 12.8 Å². The molecule has 0 saturated carbocycles. The van der Waals surface area contributed by atoms with Crippen molar-refractivity contribution in [3.63, 3.8) is 0 Å². The second kappa shape index (κ2) is 4.17. The van der Waals surface area contributed by atoms with E-state index in [-0.39, 0.29) is 5.69 Å². The maximum absolute atomic E-state index is 11.7. The fraction of sp³-hybridized carbons (Fsp3) is 0.444. The van der Waals surface area contributed by atoms with Gasteiger partial charge in [0.2, 0.25) is 5.75 Å². The molecule has 0 aliphatic carbocycles. The first-order valence-corrected chi connectivity index (χ1v) is 5.93. The van der Waals surface area contributed by atoms with E-state index in [0.29, 0.717) is 18.1 Å². The van der Waals surface area contributed by atoms with E-state index in [1.54, 1.807) is 11.8 Å². The molecule has 7 heteroatoms. The molecule has 0 radical (unpaired) electrons. The van der Waals surface area contributed by atoms with Gasteiger partial charge in [0.25, 0.3) is 11.5 Å². The van der Waals surface area contributed by atoms with Crippen LogP contribution in [0, 0.1) is 0 Å². The molecular formula is C9H11N3O3S. The maximum Gasteiger partial charge on any atom is 0.296 e. The molecule has 1 amide bonds. The predicted octanol–water partition coefficient (Wildman–Crippen LogP) is -0.445. The molecule has 2 N–H and O–H groups in total. The lowest BCUT2D eigenvalue weighted by Crippen LogP contribution is -2.32. The molecular weight excluding hydrogens is 230 g/mol. The molecule has 2 rings (SSSR count). The van der Waals surface area contributed by atoms with E-state index in [9.17, 15) is 14.7 Å². The molecule has 0 spiro atoms. The van der Waals surface area contributed by atoms with E-state index < -0.39 is 17.2 Å². The lowest BCUT2D eigenvalue weighted by molar-refractivity contribution is 0.0954. The van der Waals surface area contributed by atoms with Gasteiger partial charge in [0, 0.05) is 19.3 Å². The Morgan fingerprint density at radius 2 is 2.38 bits per heavy atom. The Morgan fingerprint density at radius 3 is 3.06 bits per heavy atom. The predicted molar refractivity (Wildman–Crippen MR) is 59.7 cm³/mol. The standard InChI is InChI=1S/C9H11N3O3S/c1-10-8(14)6-7(13)9(15)12-2-3-16-4-5(12)11-6/h13H,2-4H2,1H3,(H,10,14). The first-order valence-electron chi connectivity index (χ1n) is 4.77. The van der Waals surface area contributed by atoms with Crippen molar-refractivity contribution < 1.29 is 9.90 Å². The smallest absolute Gasteiger partial charge is 0.296 e. The number of fused-ring (bicyclic) bond motifs is 1. The fourth-order valence-corrected chi connectivity index (χ4v) is 2.38. The molecule has 0 aromatic carbocycles. The van der Waals surface area contributed by atoms with Crippen molar-refractivity contribution in [2.45, 2.75) is 12.3 Å². The van der Waals surface area contributed by atoms with Crippen LogP contribution in [0.1, 0.15) is 16.3 Å². The molecule has 0 bridgehead atoms. The van der Waals surface area contributed by atoms with Crippen LogP contribution in [-0.4, -0.2) is 33.4 Å². The van der Waals surface area contributed by atoms with Crippen LogP contribution in [0.5, 0.6) is 5.75 Å². The van der Waals surface area contributed by atoms with Crippen molar-refractivity contribution in [3.05, 3.63) is 21.9 Å². The number of rotatable bonds is 1. The number of hydrogen-bond acceptors (Lipinski definition) is 5. The summed E-state index contributed by atoms with van der Waals surface area (Å²) in [6.45, 7) is 0.521. The van der Waals surface area contributed by atoms with Crippen molar-refractivity contribution in [1.82, 2.24) is 14.9 Å². The number of nitrogens with zero attached hydrogens (tertiary/aromatic N) is 2. The Hall–Kier alpha value is -1.50. The normalized spacial score (nSPS) is 14.3. The molecule has 16 heavy (non-hydrogen) atoms. The highest BCUT2D eigenvalue weighted by Gasteiger charge is 2.21. The van der Waals surface area contributed by atoms with Gasteiger partial charge in [-0.3, -0.25) is 14.2 Å². The molecule has 0 atom stereocenters. The molecule has 0 saturated heterocycles. The first kappa shape index (κ1) is 11.0. The van der Waals surface area contributed by atoms with E-state index in [1.807, 2.05) is 0 Å². The summed E-state index contributed by atoms with van der Waals surface area (Å²) >= 11 is 1.64. The molecule has 0 fully saturated rings. The van der Waals surface area contributed by atoms with Crippen LogP contribution in [0.2, 0.25) is 0 Å². The third-order valence-electron chi connectivity index (χ3n) is 2.36. The molecule has 1 aromatic heterocycles. The van der Waals surface area contributed by atoms with Crippen LogP contribution in [0.15, 0.2) is 4.79 Å². The Bertz CT molecular complexity index is 498. The van der Waals surface area contributed by atoms with Crippen LogP contribution < -0.4 is 10.9 Å². The molecule has 0 unspecified atom stereocenters. The van der Waals surface area contributed by atoms with E-state index in [0.717, 1.165) is 5.75 Å². The highest BCUT2D eigenvalue weighted by atomic mass is 32.2. The van der Waals surface area contributed by atoms with Gasteiger partial charge >= 0.3 is 0 Å². The zero-order valence-corrected chi connectivity index (χ0v) is 9.50. The quantitative estimate of drug-likeness (QED) is 0.696. The second-order valence-corrected chi connectivity index (χ2v) is 4.42. The van der Waals surface area contributed by atoms with E-state index in [4.69, 9.17) is 0 Å². The third-order valence-corrected chi connectivity index (χ3v) is 3.29. The summed E-state index contributed by atoms with van der Waals surface area (Å²) in [4.78, 5) is 27.1. The summed E-state index contributed by atoms with van der Waals surface area (Å²) in [6.07, 6.45) is 0. The Kier molecular flexibility index (Phi) is 2.86. The lowest BCUT2D eigenvalue weighted by Gasteiger charge is -2.17. The van der Waals surface area contributed by atoms with Gasteiger partial charge in [-0.05, 0) is 0 Å². The average Bonchev–Trinajstić information content (AvgIpc) is 2.33. The largest absolute Gasteiger partial charge is 0.501 e. The van der Waals surface area contributed by atoms with Gasteiger partial charge < -0.3 is 10.4 Å². The summed E-state index contributed by atoms with van der Waals surface area (Å²) in [5.41, 5.74) is -0.731. The molecule has 1 aromatic rings. The van der Waals surface area contributed by atoms with Crippen molar-refractivity contribution in [2.24, 2.45) is 0 Å². The topological polar surface area (TPSA) is 84.2 Å². The number of aromatic hydroxyl groups is 1. The number of amides is 1. The number of thioether (sulfide) groups is 1. The lowest BCUT2D eigenvalue weighted by atomic mass is 10.3. The van der Waals surface area contributed by atoms with Gasteiger partial charge in [0.1, 0.15) is 5.82 Å². The number of nitrogens with one attached hydrogen (secondary N) is 1. The fourth-order valence-electron chi connectivity index (χ4n) is 1.53. The number of carbonyl (C=O) groups excluding carboxylic acids is 1. The van der Waals surface area contributed by atoms with Crippen LogP contribution >= 0.6 is 11.8 Å². The van der Waals surface area contributed by atoms with Crippen LogP contribution in [0.3, 0.4) is 0 Å². The van der Waals surface area contributed by atoms with Crippen LogP contribution in [0.4, 0.5) is 0 Å². The maximum atomic E-state index is 11.7. The van der Waals surface area contributed by atoms with E-state index >= 15 is 0 Å². The van der Waals surface area contributed by atoms with Gasteiger partial charge in [-0.25, -0.2) is 4.98 Å². The Labute approximate surface area is 95.7 Å². The van der Waals surface area contributed by atoms with Crippen LogP contribution in [0.25, 0.3) is 0 Å². The van der Waals surface area contributed by atoms with Crippen molar-refractivity contribution in [3.8, 4) is 5.75 Å². The Morgan fingerprint density at radius 1 is 1.62 bits per heavy atom. The zero-order chi connectivity index (χ0) is 11.7. The van der Waals surface area contributed by atoms with Gasteiger partial charge in [-0.2, -0.15) is 11.8 Å². The molecule has 1 aliphatic rings. The molecule has 1 aliphatic heterocycles. The zero-order valence-electron chi connectivity index (χ0n) is 8.69.